The number of hydrogen-bond donors (Lipinski definition) is 2. The maximum atomic E-state index is 12.0. The molecule has 2 rings (SSSR count). The Hall–Kier alpha value is -1.60. The van der Waals surface area contributed by atoms with Gasteiger partial charge in [-0.2, -0.15) is 0 Å². The molecule has 1 aromatic heterocycles. The molecule has 0 spiro atoms. The average molecular weight is 389 g/mol. The highest BCUT2D eigenvalue weighted by Crippen LogP contribution is 2.24. The zero-order valence-corrected chi connectivity index (χ0v) is 12.5. The number of carboxylic acids is 1. The molecule has 0 radical (unpaired) electrons. The number of carbonyl (C=O) groups is 2. The number of hydrogen-bond acceptors (Lipinski definition) is 3. The first kappa shape index (κ1) is 13.8. The normalized spacial score (nSPS) is 10.2. The zero-order valence-electron chi connectivity index (χ0n) is 9.31. The van der Waals surface area contributed by atoms with Gasteiger partial charge in [0.05, 0.1) is 23.1 Å². The van der Waals surface area contributed by atoms with Crippen LogP contribution in [0.25, 0.3) is 0 Å². The molecule has 7 heteroatoms. The molecule has 0 aliphatic rings. The summed E-state index contributed by atoms with van der Waals surface area (Å²) in [5.41, 5.74) is 0.507. The number of amides is 1. The van der Waals surface area contributed by atoms with Gasteiger partial charge in [0, 0.05) is 4.47 Å². The van der Waals surface area contributed by atoms with Gasteiger partial charge in [0.25, 0.3) is 5.91 Å². The van der Waals surface area contributed by atoms with Crippen LogP contribution in [0.5, 0.6) is 0 Å². The maximum Gasteiger partial charge on any atom is 0.337 e. The monoisotopic (exact) mass is 387 g/mol. The molecular weight excluding hydrogens is 382 g/mol. The van der Waals surface area contributed by atoms with Crippen LogP contribution in [-0.2, 0) is 0 Å². The van der Waals surface area contributed by atoms with Crippen molar-refractivity contribution in [1.29, 1.82) is 0 Å². The van der Waals surface area contributed by atoms with Gasteiger partial charge in [0.15, 0.2) is 4.67 Å². The molecule has 0 saturated heterocycles. The fraction of sp³-hybridized carbons (Fsp3) is 0. The molecule has 0 atom stereocenters. The summed E-state index contributed by atoms with van der Waals surface area (Å²) in [7, 11) is 0. The predicted molar refractivity (Wildman–Crippen MR) is 75.5 cm³/mol. The molecule has 0 unspecified atom stereocenters. The number of nitrogens with one attached hydrogen (secondary N) is 1. The molecule has 0 bridgehead atoms. The topological polar surface area (TPSA) is 79.5 Å². The molecule has 2 N–H and O–H groups in total. The summed E-state index contributed by atoms with van der Waals surface area (Å²) >= 11 is 6.32. The Morgan fingerprint density at radius 2 is 1.89 bits per heavy atom. The second kappa shape index (κ2) is 5.58. The number of carboxylic acid groups (broad SMARTS) is 1. The first-order valence-electron chi connectivity index (χ1n) is 5.06. The maximum absolute atomic E-state index is 12.0. The van der Waals surface area contributed by atoms with E-state index in [1.54, 1.807) is 6.07 Å². The second-order valence-electron chi connectivity index (χ2n) is 3.56. The van der Waals surface area contributed by atoms with Gasteiger partial charge in [-0.05, 0) is 40.2 Å². The largest absolute Gasteiger partial charge is 0.478 e. The van der Waals surface area contributed by atoms with Gasteiger partial charge >= 0.3 is 5.97 Å². The molecule has 2 aromatic rings. The molecule has 1 heterocycles. The Labute approximate surface area is 124 Å². The quantitative estimate of drug-likeness (QED) is 0.838. The number of halogens is 2. The minimum absolute atomic E-state index is 0.0103. The van der Waals surface area contributed by atoms with Crippen molar-refractivity contribution in [2.24, 2.45) is 0 Å². The van der Waals surface area contributed by atoms with E-state index in [1.807, 2.05) is 0 Å². The van der Waals surface area contributed by atoms with Crippen LogP contribution in [0.1, 0.15) is 20.7 Å². The Morgan fingerprint density at radius 3 is 2.47 bits per heavy atom. The molecule has 98 valence electrons. The number of rotatable bonds is 3. The fourth-order valence-electron chi connectivity index (χ4n) is 1.45. The van der Waals surface area contributed by atoms with Gasteiger partial charge in [-0.1, -0.05) is 15.9 Å². The molecule has 5 nitrogen and oxygen atoms in total. The van der Waals surface area contributed by atoms with E-state index in [0.29, 0.717) is 4.47 Å². The highest BCUT2D eigenvalue weighted by molar-refractivity contribution is 9.10. The third-order valence-electron chi connectivity index (χ3n) is 2.32. The van der Waals surface area contributed by atoms with E-state index in [-0.39, 0.29) is 21.5 Å². The first-order valence-corrected chi connectivity index (χ1v) is 6.65. The van der Waals surface area contributed by atoms with Gasteiger partial charge in [-0.15, -0.1) is 0 Å². The molecule has 1 aromatic carbocycles. The molecule has 0 aliphatic heterocycles. The standard InChI is InChI=1S/C12H7Br2NO4/c13-6-1-2-7(12(17)18)9(5-6)15-11(16)8-3-4-19-10(8)14/h1-5H,(H,15,16)(H,17,18). The summed E-state index contributed by atoms with van der Waals surface area (Å²) in [6.07, 6.45) is 1.36. The van der Waals surface area contributed by atoms with E-state index < -0.39 is 11.9 Å². The van der Waals surface area contributed by atoms with Crippen molar-refractivity contribution in [3.8, 4) is 0 Å². The molecule has 0 fully saturated rings. The summed E-state index contributed by atoms with van der Waals surface area (Å²) in [5.74, 6) is -1.57. The average Bonchev–Trinajstić information content (AvgIpc) is 2.75. The van der Waals surface area contributed by atoms with Gasteiger partial charge in [0.1, 0.15) is 0 Å². The fourth-order valence-corrected chi connectivity index (χ4v) is 2.23. The zero-order chi connectivity index (χ0) is 14.0. The van der Waals surface area contributed by atoms with Gasteiger partial charge < -0.3 is 14.8 Å². The SMILES string of the molecule is O=C(O)c1ccc(Br)cc1NC(=O)c1ccoc1Br. The summed E-state index contributed by atoms with van der Waals surface area (Å²) < 4.78 is 5.91. The molecular formula is C12H7Br2NO4. The van der Waals surface area contributed by atoms with Crippen LogP contribution in [0, 0.1) is 0 Å². The van der Waals surface area contributed by atoms with E-state index in [1.165, 1.54) is 24.5 Å². The lowest BCUT2D eigenvalue weighted by molar-refractivity contribution is 0.0698. The summed E-state index contributed by atoms with van der Waals surface area (Å²) in [6, 6.07) is 6.01. The van der Waals surface area contributed by atoms with E-state index in [0.717, 1.165) is 0 Å². The lowest BCUT2D eigenvalue weighted by Crippen LogP contribution is -2.14. The second-order valence-corrected chi connectivity index (χ2v) is 5.19. The van der Waals surface area contributed by atoms with E-state index in [9.17, 15) is 9.59 Å². The van der Waals surface area contributed by atoms with Crippen LogP contribution in [0.15, 0.2) is 44.1 Å². The van der Waals surface area contributed by atoms with E-state index in [4.69, 9.17) is 9.52 Å². The Bertz CT molecular complexity index is 651. The van der Waals surface area contributed by atoms with Crippen LogP contribution in [-0.4, -0.2) is 17.0 Å². The molecule has 19 heavy (non-hydrogen) atoms. The minimum Gasteiger partial charge on any atom is -0.478 e. The highest BCUT2D eigenvalue weighted by atomic mass is 79.9. The van der Waals surface area contributed by atoms with Gasteiger partial charge in [-0.3, -0.25) is 4.79 Å². The lowest BCUT2D eigenvalue weighted by Gasteiger charge is -2.08. The number of carbonyl (C=O) groups excluding carboxylic acids is 1. The summed E-state index contributed by atoms with van der Waals surface area (Å²) in [6.45, 7) is 0. The van der Waals surface area contributed by atoms with Crippen LogP contribution < -0.4 is 5.32 Å². The van der Waals surface area contributed by atoms with Crippen LogP contribution in [0.4, 0.5) is 5.69 Å². The summed E-state index contributed by atoms with van der Waals surface area (Å²) in [4.78, 5) is 23.0. The number of furan rings is 1. The van der Waals surface area contributed by atoms with Crippen molar-refractivity contribution < 1.29 is 19.1 Å². The van der Waals surface area contributed by atoms with Crippen LogP contribution in [0.3, 0.4) is 0 Å². The van der Waals surface area contributed by atoms with Crippen molar-refractivity contribution in [3.63, 3.8) is 0 Å². The lowest BCUT2D eigenvalue weighted by atomic mass is 10.1. The predicted octanol–water partition coefficient (Wildman–Crippen LogP) is 3.76. The van der Waals surface area contributed by atoms with Gasteiger partial charge in [0.2, 0.25) is 0 Å². The molecule has 0 aliphatic carbocycles. The molecule has 1 amide bonds. The highest BCUT2D eigenvalue weighted by Gasteiger charge is 2.17. The van der Waals surface area contributed by atoms with E-state index in [2.05, 4.69) is 37.2 Å². The number of benzene rings is 1. The number of aromatic carboxylic acids is 1. The van der Waals surface area contributed by atoms with Crippen molar-refractivity contribution in [1.82, 2.24) is 0 Å². The third kappa shape index (κ3) is 3.05. The smallest absolute Gasteiger partial charge is 0.337 e. The van der Waals surface area contributed by atoms with Crippen molar-refractivity contribution in [3.05, 3.63) is 50.8 Å². The Balaban J connectivity index is 2.33. The van der Waals surface area contributed by atoms with Crippen molar-refractivity contribution in [2.45, 2.75) is 0 Å². The number of anilines is 1. The van der Waals surface area contributed by atoms with Crippen LogP contribution in [0.2, 0.25) is 0 Å². The van der Waals surface area contributed by atoms with Crippen molar-refractivity contribution in [2.75, 3.05) is 5.32 Å². The Kier molecular flexibility index (Phi) is 4.06. The van der Waals surface area contributed by atoms with Gasteiger partial charge in [-0.25, -0.2) is 4.79 Å². The minimum atomic E-state index is -1.12. The Morgan fingerprint density at radius 1 is 1.16 bits per heavy atom. The van der Waals surface area contributed by atoms with E-state index >= 15 is 0 Å². The first-order chi connectivity index (χ1) is 8.99. The van der Waals surface area contributed by atoms with Crippen molar-refractivity contribution >= 4 is 49.4 Å². The third-order valence-corrected chi connectivity index (χ3v) is 3.43. The molecule has 0 saturated carbocycles. The summed E-state index contributed by atoms with van der Waals surface area (Å²) in [5, 5.41) is 11.6. The van der Waals surface area contributed by atoms with Crippen LogP contribution >= 0.6 is 31.9 Å².